The lowest BCUT2D eigenvalue weighted by atomic mass is 10.1. The van der Waals surface area contributed by atoms with Crippen molar-refractivity contribution in [3.63, 3.8) is 0 Å². The number of nitrogens with zero attached hydrogens (tertiary/aromatic N) is 3. The number of para-hydroxylation sites is 3. The smallest absolute Gasteiger partial charge is 0.208 e. The van der Waals surface area contributed by atoms with Gasteiger partial charge in [-0.3, -0.25) is 9.36 Å². The molecule has 0 radical (unpaired) electrons. The van der Waals surface area contributed by atoms with Crippen LogP contribution in [0.4, 0.5) is 0 Å². The predicted molar refractivity (Wildman–Crippen MR) is 122 cm³/mol. The second-order valence-electron chi connectivity index (χ2n) is 7.37. The first-order chi connectivity index (χ1) is 15.7. The summed E-state index contributed by atoms with van der Waals surface area (Å²) in [5.41, 5.74) is 1.57. The van der Waals surface area contributed by atoms with Gasteiger partial charge in [-0.1, -0.05) is 48.2 Å². The summed E-state index contributed by atoms with van der Waals surface area (Å²) in [6.07, 6.45) is 1.36. The molecule has 1 aliphatic rings. The van der Waals surface area contributed by atoms with Crippen LogP contribution in [0.15, 0.2) is 70.8 Å². The molecule has 4 aromatic rings. The van der Waals surface area contributed by atoms with Crippen LogP contribution in [0.5, 0.6) is 11.5 Å². The maximum atomic E-state index is 12.9. The van der Waals surface area contributed by atoms with Crippen molar-refractivity contribution in [2.45, 2.75) is 24.7 Å². The van der Waals surface area contributed by atoms with Crippen LogP contribution < -0.4 is 9.47 Å². The number of ether oxygens (including phenoxy) is 2. The molecule has 0 saturated carbocycles. The first kappa shape index (κ1) is 20.4. The maximum absolute atomic E-state index is 12.9. The summed E-state index contributed by atoms with van der Waals surface area (Å²) in [5.74, 6) is 2.48. The second-order valence-corrected chi connectivity index (χ2v) is 8.31. The molecule has 0 saturated heterocycles. The van der Waals surface area contributed by atoms with E-state index in [9.17, 15) is 4.79 Å². The van der Waals surface area contributed by atoms with Crippen molar-refractivity contribution in [3.8, 4) is 11.5 Å². The molecule has 0 spiro atoms. The van der Waals surface area contributed by atoms with E-state index in [1.165, 1.54) is 11.8 Å². The van der Waals surface area contributed by atoms with Crippen LogP contribution in [-0.4, -0.2) is 32.9 Å². The number of carbonyl (C=O) groups is 1. The highest BCUT2D eigenvalue weighted by Crippen LogP contribution is 2.36. The number of furan rings is 1. The molecule has 2 aromatic heterocycles. The number of hydrogen-bond acceptors (Lipinski definition) is 7. The fourth-order valence-corrected chi connectivity index (χ4v) is 4.54. The highest BCUT2D eigenvalue weighted by atomic mass is 32.2. The average molecular weight is 448 g/mol. The highest BCUT2D eigenvalue weighted by molar-refractivity contribution is 7.99. The number of aryl methyl sites for hydroxylation is 1. The average Bonchev–Trinajstić information content (AvgIpc) is 3.38. The Morgan fingerprint density at radius 3 is 2.78 bits per heavy atom. The number of fused-ring (bicyclic) bond motifs is 2. The van der Waals surface area contributed by atoms with Crippen LogP contribution in [0.25, 0.3) is 11.0 Å². The zero-order chi connectivity index (χ0) is 22.1. The van der Waals surface area contributed by atoms with Crippen molar-refractivity contribution < 1.29 is 18.7 Å². The fraction of sp³-hybridized carbons (Fsp3) is 0.208. The molecule has 1 aliphatic heterocycles. The van der Waals surface area contributed by atoms with Crippen molar-refractivity contribution in [3.05, 3.63) is 78.3 Å². The van der Waals surface area contributed by atoms with Gasteiger partial charge in [-0.25, -0.2) is 0 Å². The fourth-order valence-electron chi connectivity index (χ4n) is 3.73. The van der Waals surface area contributed by atoms with Gasteiger partial charge in [0.25, 0.3) is 0 Å². The van der Waals surface area contributed by atoms with Gasteiger partial charge in [0.1, 0.15) is 12.2 Å². The molecule has 0 bridgehead atoms. The summed E-state index contributed by atoms with van der Waals surface area (Å²) in [5, 5.41) is 10.2. The van der Waals surface area contributed by atoms with E-state index < -0.39 is 6.10 Å². The van der Waals surface area contributed by atoms with Gasteiger partial charge in [-0.2, -0.15) is 0 Å². The number of carbonyl (C=O) groups excluding carboxylic acids is 1. The molecule has 2 aromatic carbocycles. The number of Topliss-reactive ketones (excluding diaryl/α,β-unsaturated/α-hetero) is 1. The van der Waals surface area contributed by atoms with E-state index >= 15 is 0 Å². The SMILES string of the molecule is C=CCn1c(SCC(=O)c2oc3ccccc3c2C)nnc1[C@@H]1COc2ccccc2O1. The Balaban J connectivity index is 1.35. The van der Waals surface area contributed by atoms with E-state index in [0.29, 0.717) is 47.0 Å². The zero-order valence-corrected chi connectivity index (χ0v) is 18.3. The minimum Gasteiger partial charge on any atom is -0.485 e. The molecule has 162 valence electrons. The Morgan fingerprint density at radius 2 is 1.97 bits per heavy atom. The third kappa shape index (κ3) is 3.67. The van der Waals surface area contributed by atoms with Crippen LogP contribution in [0, 0.1) is 6.92 Å². The molecule has 32 heavy (non-hydrogen) atoms. The number of thioether (sulfide) groups is 1. The van der Waals surface area contributed by atoms with Crippen molar-refractivity contribution in [2.75, 3.05) is 12.4 Å². The quantitative estimate of drug-likeness (QED) is 0.224. The van der Waals surface area contributed by atoms with Crippen LogP contribution in [0.1, 0.15) is 28.0 Å². The number of ketones is 1. The van der Waals surface area contributed by atoms with E-state index in [1.807, 2.05) is 60.0 Å². The number of benzene rings is 2. The summed E-state index contributed by atoms with van der Waals surface area (Å²) >= 11 is 1.31. The molecule has 7 nitrogen and oxygen atoms in total. The lowest BCUT2D eigenvalue weighted by Crippen LogP contribution is -2.25. The zero-order valence-electron chi connectivity index (χ0n) is 17.5. The summed E-state index contributed by atoms with van der Waals surface area (Å²) in [4.78, 5) is 12.9. The molecule has 3 heterocycles. The second kappa shape index (κ2) is 8.55. The molecule has 0 unspecified atom stereocenters. The van der Waals surface area contributed by atoms with Crippen molar-refractivity contribution >= 4 is 28.5 Å². The van der Waals surface area contributed by atoms with E-state index in [4.69, 9.17) is 13.9 Å². The van der Waals surface area contributed by atoms with E-state index in [0.717, 1.165) is 10.9 Å². The molecule has 1 atom stereocenters. The van der Waals surface area contributed by atoms with Gasteiger partial charge in [0, 0.05) is 17.5 Å². The van der Waals surface area contributed by atoms with Gasteiger partial charge in [0.15, 0.2) is 34.3 Å². The van der Waals surface area contributed by atoms with Gasteiger partial charge in [0.05, 0.1) is 5.75 Å². The van der Waals surface area contributed by atoms with Gasteiger partial charge < -0.3 is 13.9 Å². The van der Waals surface area contributed by atoms with Gasteiger partial charge >= 0.3 is 0 Å². The van der Waals surface area contributed by atoms with Gasteiger partial charge in [-0.15, -0.1) is 16.8 Å². The minimum atomic E-state index is -0.403. The summed E-state index contributed by atoms with van der Waals surface area (Å²) in [6.45, 7) is 6.56. The number of hydrogen-bond donors (Lipinski definition) is 0. The standard InChI is InChI=1S/C24H21N3O4S/c1-3-12-27-23(21-13-29-19-10-6-7-11-20(19)30-21)25-26-24(27)32-14-17(28)22-15(2)16-8-4-5-9-18(16)31-22/h3-11,21H,1,12-14H2,2H3/t21-/m0/s1. The Hall–Kier alpha value is -3.52. The third-order valence-corrected chi connectivity index (χ3v) is 6.25. The Labute approximate surface area is 189 Å². The molecule has 0 N–H and O–H groups in total. The summed E-state index contributed by atoms with van der Waals surface area (Å²) in [7, 11) is 0. The van der Waals surface area contributed by atoms with Crippen molar-refractivity contribution in [1.29, 1.82) is 0 Å². The molecular weight excluding hydrogens is 426 g/mol. The van der Waals surface area contributed by atoms with Crippen LogP contribution in [-0.2, 0) is 6.54 Å². The number of allylic oxidation sites excluding steroid dienone is 1. The first-order valence-electron chi connectivity index (χ1n) is 10.2. The van der Waals surface area contributed by atoms with Crippen molar-refractivity contribution in [2.24, 2.45) is 0 Å². The number of aromatic nitrogens is 3. The molecule has 5 rings (SSSR count). The largest absolute Gasteiger partial charge is 0.485 e. The highest BCUT2D eigenvalue weighted by Gasteiger charge is 2.28. The van der Waals surface area contributed by atoms with Gasteiger partial charge in [0.2, 0.25) is 5.78 Å². The van der Waals surface area contributed by atoms with E-state index in [1.54, 1.807) is 6.08 Å². The summed E-state index contributed by atoms with van der Waals surface area (Å²) < 4.78 is 19.6. The summed E-state index contributed by atoms with van der Waals surface area (Å²) in [6, 6.07) is 15.2. The first-order valence-corrected chi connectivity index (χ1v) is 11.2. The van der Waals surface area contributed by atoms with Crippen LogP contribution >= 0.6 is 11.8 Å². The molecule has 0 aliphatic carbocycles. The Morgan fingerprint density at radius 1 is 1.19 bits per heavy atom. The monoisotopic (exact) mass is 447 g/mol. The third-order valence-electron chi connectivity index (χ3n) is 5.28. The molecule has 0 fully saturated rings. The number of rotatable bonds is 7. The molecular formula is C24H21N3O4S. The van der Waals surface area contributed by atoms with Gasteiger partial charge in [-0.05, 0) is 25.1 Å². The maximum Gasteiger partial charge on any atom is 0.208 e. The van der Waals surface area contributed by atoms with E-state index in [2.05, 4.69) is 16.8 Å². The molecule has 0 amide bonds. The molecule has 8 heteroatoms. The Bertz CT molecular complexity index is 1310. The lowest BCUT2D eigenvalue weighted by Gasteiger charge is -2.26. The van der Waals surface area contributed by atoms with Crippen molar-refractivity contribution in [1.82, 2.24) is 14.8 Å². The van der Waals surface area contributed by atoms with E-state index in [-0.39, 0.29) is 11.5 Å². The minimum absolute atomic E-state index is 0.0930. The lowest BCUT2D eigenvalue weighted by molar-refractivity contribution is 0.0821. The van der Waals surface area contributed by atoms with Crippen LogP contribution in [0.2, 0.25) is 0 Å². The van der Waals surface area contributed by atoms with Crippen LogP contribution in [0.3, 0.4) is 0 Å². The normalized spacial score (nSPS) is 15.1. The Kier molecular flexibility index (Phi) is 5.45. The predicted octanol–water partition coefficient (Wildman–Crippen LogP) is 5.01. The topological polar surface area (TPSA) is 79.4 Å².